The van der Waals surface area contributed by atoms with Crippen molar-refractivity contribution >= 4 is 17.6 Å². The van der Waals surface area contributed by atoms with Crippen LogP contribution in [0.2, 0.25) is 5.02 Å². The summed E-state index contributed by atoms with van der Waals surface area (Å²) in [5.41, 5.74) is 2.46. The minimum Gasteiger partial charge on any atom is -0.493 e. The lowest BCUT2D eigenvalue weighted by Gasteiger charge is -2.15. The monoisotopic (exact) mass is 334 g/mol. The van der Waals surface area contributed by atoms with E-state index in [-0.39, 0.29) is 0 Å². The van der Waals surface area contributed by atoms with Crippen LogP contribution < -0.4 is 9.47 Å². The van der Waals surface area contributed by atoms with Crippen LogP contribution in [-0.2, 0) is 11.2 Å². The van der Waals surface area contributed by atoms with Gasteiger partial charge < -0.3 is 14.6 Å². The van der Waals surface area contributed by atoms with E-state index < -0.39 is 11.9 Å². The third-order valence-electron chi connectivity index (χ3n) is 3.78. The van der Waals surface area contributed by atoms with Crippen LogP contribution >= 0.6 is 11.6 Å². The maximum atomic E-state index is 11.7. The van der Waals surface area contributed by atoms with E-state index in [1.165, 1.54) is 0 Å². The van der Waals surface area contributed by atoms with Crippen molar-refractivity contribution in [3.8, 4) is 11.5 Å². The number of methoxy groups -OCH3 is 2. The first-order chi connectivity index (χ1) is 11.0. The summed E-state index contributed by atoms with van der Waals surface area (Å²) in [6.07, 6.45) is 0.342. The van der Waals surface area contributed by atoms with Gasteiger partial charge in [0.05, 0.1) is 20.1 Å². The summed E-state index contributed by atoms with van der Waals surface area (Å²) in [5, 5.41) is 10.1. The van der Waals surface area contributed by atoms with E-state index >= 15 is 0 Å². The lowest BCUT2D eigenvalue weighted by Crippen LogP contribution is -2.14. The Bertz CT molecular complexity index is 712. The van der Waals surface area contributed by atoms with Crippen molar-refractivity contribution in [2.75, 3.05) is 14.2 Å². The molecule has 0 fully saturated rings. The van der Waals surface area contributed by atoms with Crippen molar-refractivity contribution in [1.29, 1.82) is 0 Å². The normalized spacial score (nSPS) is 11.8. The highest BCUT2D eigenvalue weighted by Gasteiger charge is 2.21. The summed E-state index contributed by atoms with van der Waals surface area (Å²) < 4.78 is 10.5. The quantitative estimate of drug-likeness (QED) is 0.865. The molecule has 0 spiro atoms. The zero-order chi connectivity index (χ0) is 17.0. The van der Waals surface area contributed by atoms with E-state index in [2.05, 4.69) is 0 Å². The fourth-order valence-electron chi connectivity index (χ4n) is 2.42. The first-order valence-electron chi connectivity index (χ1n) is 7.16. The van der Waals surface area contributed by atoms with Crippen LogP contribution in [0.5, 0.6) is 11.5 Å². The number of benzene rings is 2. The number of carboxylic acids is 1. The summed E-state index contributed by atoms with van der Waals surface area (Å²) in [7, 11) is 3.11. The molecule has 0 saturated carbocycles. The zero-order valence-corrected chi connectivity index (χ0v) is 14.1. The molecule has 0 radical (unpaired) electrons. The molecule has 0 heterocycles. The second kappa shape index (κ2) is 7.38. The molecule has 1 N–H and O–H groups in total. The first-order valence-corrected chi connectivity index (χ1v) is 7.53. The molecular weight excluding hydrogens is 316 g/mol. The maximum Gasteiger partial charge on any atom is 0.311 e. The summed E-state index contributed by atoms with van der Waals surface area (Å²) >= 11 is 6.12. The van der Waals surface area contributed by atoms with Crippen LogP contribution in [-0.4, -0.2) is 25.3 Å². The Morgan fingerprint density at radius 1 is 1.13 bits per heavy atom. The Morgan fingerprint density at radius 3 is 2.39 bits per heavy atom. The summed E-state index contributed by atoms with van der Waals surface area (Å²) in [6, 6.07) is 10.8. The molecule has 0 aromatic heterocycles. The summed E-state index contributed by atoms with van der Waals surface area (Å²) in [5.74, 6) is -0.372. The van der Waals surface area contributed by atoms with Crippen LogP contribution in [0.4, 0.5) is 0 Å². The van der Waals surface area contributed by atoms with Crippen LogP contribution in [0.3, 0.4) is 0 Å². The maximum absolute atomic E-state index is 11.7. The number of ether oxygens (including phenoxy) is 2. The molecule has 122 valence electrons. The summed E-state index contributed by atoms with van der Waals surface area (Å²) in [4.78, 5) is 11.7. The van der Waals surface area contributed by atoms with Crippen molar-refractivity contribution in [3.63, 3.8) is 0 Å². The predicted molar refractivity (Wildman–Crippen MR) is 89.8 cm³/mol. The lowest BCUT2D eigenvalue weighted by molar-refractivity contribution is -0.138. The molecule has 1 atom stereocenters. The minimum atomic E-state index is -0.889. The SMILES string of the molecule is COc1ccc(CC(C(=O)O)c2ccc(C)c(Cl)c2)cc1OC. The van der Waals surface area contributed by atoms with Gasteiger partial charge in [0.2, 0.25) is 0 Å². The molecule has 2 aromatic carbocycles. The Labute approximate surface area is 140 Å². The van der Waals surface area contributed by atoms with Gasteiger partial charge in [0.25, 0.3) is 0 Å². The van der Waals surface area contributed by atoms with E-state index in [1.807, 2.05) is 19.1 Å². The Morgan fingerprint density at radius 2 is 1.83 bits per heavy atom. The predicted octanol–water partition coefficient (Wildman–Crippen LogP) is 4.08. The van der Waals surface area contributed by atoms with Crippen LogP contribution in [0.25, 0.3) is 0 Å². The number of carboxylic acid groups (broad SMARTS) is 1. The molecular formula is C18H19ClO4. The van der Waals surface area contributed by atoms with E-state index in [9.17, 15) is 9.90 Å². The molecule has 5 heteroatoms. The molecule has 0 saturated heterocycles. The highest BCUT2D eigenvalue weighted by atomic mass is 35.5. The molecule has 23 heavy (non-hydrogen) atoms. The van der Waals surface area contributed by atoms with Gasteiger partial charge in [-0.1, -0.05) is 29.8 Å². The van der Waals surface area contributed by atoms with Crippen molar-refractivity contribution < 1.29 is 19.4 Å². The Hall–Kier alpha value is -2.20. The fraction of sp³-hybridized carbons (Fsp3) is 0.278. The standard InChI is InChI=1S/C18H19ClO4/c1-11-4-6-13(10-15(11)19)14(18(20)21)8-12-5-7-16(22-2)17(9-12)23-3/h4-7,9-10,14H,8H2,1-3H3,(H,20,21). The molecule has 0 bridgehead atoms. The molecule has 4 nitrogen and oxygen atoms in total. The van der Waals surface area contributed by atoms with Gasteiger partial charge in [-0.15, -0.1) is 0 Å². The number of rotatable bonds is 6. The third kappa shape index (κ3) is 3.96. The zero-order valence-electron chi connectivity index (χ0n) is 13.3. The molecule has 2 rings (SSSR count). The number of halogens is 1. The van der Waals surface area contributed by atoms with Crippen molar-refractivity contribution in [2.45, 2.75) is 19.3 Å². The minimum absolute atomic E-state index is 0.342. The lowest BCUT2D eigenvalue weighted by atomic mass is 9.91. The molecule has 0 aliphatic rings. The van der Waals surface area contributed by atoms with Crippen LogP contribution in [0.1, 0.15) is 22.6 Å². The van der Waals surface area contributed by atoms with Gasteiger partial charge in [-0.3, -0.25) is 4.79 Å². The third-order valence-corrected chi connectivity index (χ3v) is 4.19. The smallest absolute Gasteiger partial charge is 0.311 e. The van der Waals surface area contributed by atoms with Crippen molar-refractivity contribution in [1.82, 2.24) is 0 Å². The topological polar surface area (TPSA) is 55.8 Å². The van der Waals surface area contributed by atoms with E-state index in [4.69, 9.17) is 21.1 Å². The number of aryl methyl sites for hydroxylation is 1. The number of aliphatic carboxylic acids is 1. The highest BCUT2D eigenvalue weighted by Crippen LogP contribution is 2.31. The number of hydrogen-bond donors (Lipinski definition) is 1. The van der Waals surface area contributed by atoms with Gasteiger partial charge >= 0.3 is 5.97 Å². The number of carbonyl (C=O) groups is 1. The summed E-state index contributed by atoms with van der Waals surface area (Å²) in [6.45, 7) is 1.89. The van der Waals surface area contributed by atoms with Gasteiger partial charge in [0.1, 0.15) is 0 Å². The highest BCUT2D eigenvalue weighted by molar-refractivity contribution is 6.31. The molecule has 0 aliphatic carbocycles. The van der Waals surface area contributed by atoms with Crippen molar-refractivity contribution in [2.24, 2.45) is 0 Å². The largest absolute Gasteiger partial charge is 0.493 e. The van der Waals surface area contributed by atoms with Gasteiger partial charge in [-0.2, -0.15) is 0 Å². The van der Waals surface area contributed by atoms with Crippen LogP contribution in [0.15, 0.2) is 36.4 Å². The molecule has 0 amide bonds. The fourth-order valence-corrected chi connectivity index (χ4v) is 2.61. The second-order valence-corrected chi connectivity index (χ2v) is 5.70. The van der Waals surface area contributed by atoms with Crippen LogP contribution in [0, 0.1) is 6.92 Å². The average Bonchev–Trinajstić information content (AvgIpc) is 2.54. The van der Waals surface area contributed by atoms with Gasteiger partial charge in [0, 0.05) is 5.02 Å². The van der Waals surface area contributed by atoms with Crippen molar-refractivity contribution in [3.05, 3.63) is 58.1 Å². The molecule has 1 unspecified atom stereocenters. The Kier molecular flexibility index (Phi) is 5.50. The average molecular weight is 335 g/mol. The van der Waals surface area contributed by atoms with Gasteiger partial charge in [-0.05, 0) is 48.2 Å². The number of hydrogen-bond acceptors (Lipinski definition) is 3. The van der Waals surface area contributed by atoms with Gasteiger partial charge in [0.15, 0.2) is 11.5 Å². The first kappa shape index (κ1) is 17.2. The second-order valence-electron chi connectivity index (χ2n) is 5.29. The Balaban J connectivity index is 2.33. The molecule has 0 aliphatic heterocycles. The van der Waals surface area contributed by atoms with E-state index in [0.717, 1.165) is 11.1 Å². The van der Waals surface area contributed by atoms with E-state index in [1.54, 1.807) is 38.5 Å². The van der Waals surface area contributed by atoms with Gasteiger partial charge in [-0.25, -0.2) is 0 Å². The van der Waals surface area contributed by atoms with E-state index in [0.29, 0.717) is 28.5 Å². The molecule has 2 aromatic rings.